The first-order valence-electron chi connectivity index (χ1n) is 5.55. The van der Waals surface area contributed by atoms with Gasteiger partial charge >= 0.3 is 0 Å². The molecule has 2 nitrogen and oxygen atoms in total. The number of benzene rings is 1. The molecule has 0 spiro atoms. The van der Waals surface area contributed by atoms with Crippen LogP contribution in [-0.2, 0) is 0 Å². The van der Waals surface area contributed by atoms with Crippen LogP contribution in [0.4, 0.5) is 0 Å². The Balaban J connectivity index is 2.50. The number of hydrogen-bond acceptors (Lipinski definition) is 1. The maximum atomic E-state index is 11.8. The van der Waals surface area contributed by atoms with Gasteiger partial charge in [0.25, 0.3) is 5.91 Å². The molecular weight excluding hydrogens is 346 g/mol. The molecule has 1 rings (SSSR count). The van der Waals surface area contributed by atoms with Crippen LogP contribution < -0.4 is 5.32 Å². The van der Waals surface area contributed by atoms with E-state index in [1.165, 1.54) is 0 Å². The molecule has 0 aliphatic rings. The number of nitrogens with one attached hydrogen (secondary N) is 1. The number of halogens is 2. The van der Waals surface area contributed by atoms with Crippen LogP contribution >= 0.6 is 31.9 Å². The molecule has 17 heavy (non-hydrogen) atoms. The zero-order valence-electron chi connectivity index (χ0n) is 10.0. The molecule has 94 valence electrons. The average Bonchev–Trinajstić information content (AvgIpc) is 2.36. The summed E-state index contributed by atoms with van der Waals surface area (Å²) in [6.07, 6.45) is 0. The second kappa shape index (κ2) is 6.55. The lowest BCUT2D eigenvalue weighted by Crippen LogP contribution is -2.38. The molecule has 4 heteroatoms. The van der Waals surface area contributed by atoms with Crippen molar-refractivity contribution in [3.05, 3.63) is 35.9 Å². The van der Waals surface area contributed by atoms with Crippen LogP contribution in [0.2, 0.25) is 0 Å². The Hall–Kier alpha value is -0.350. The number of amides is 1. The van der Waals surface area contributed by atoms with Crippen molar-refractivity contribution in [1.82, 2.24) is 5.32 Å². The predicted molar refractivity (Wildman–Crippen MR) is 79.1 cm³/mol. The summed E-state index contributed by atoms with van der Waals surface area (Å²) in [5.74, 6) is 0.324. The highest BCUT2D eigenvalue weighted by atomic mass is 79.9. The van der Waals surface area contributed by atoms with E-state index in [1.807, 2.05) is 30.3 Å². The van der Waals surface area contributed by atoms with Gasteiger partial charge < -0.3 is 5.32 Å². The summed E-state index contributed by atoms with van der Waals surface area (Å²) in [4.78, 5) is 11.8. The molecule has 0 fully saturated rings. The van der Waals surface area contributed by atoms with Crippen LogP contribution in [0.5, 0.6) is 0 Å². The van der Waals surface area contributed by atoms with Gasteiger partial charge in [-0.15, -0.1) is 0 Å². The van der Waals surface area contributed by atoms with Crippen LogP contribution in [0.15, 0.2) is 30.3 Å². The minimum Gasteiger partial charge on any atom is -0.352 e. The Morgan fingerprint density at radius 1 is 1.41 bits per heavy atom. The minimum absolute atomic E-state index is 0.00301. The van der Waals surface area contributed by atoms with Crippen LogP contribution in [0.1, 0.15) is 24.2 Å². The smallest absolute Gasteiger partial charge is 0.251 e. The zero-order chi connectivity index (χ0) is 12.9. The zero-order valence-corrected chi connectivity index (χ0v) is 13.2. The van der Waals surface area contributed by atoms with Crippen molar-refractivity contribution in [3.8, 4) is 0 Å². The van der Waals surface area contributed by atoms with Gasteiger partial charge in [0.05, 0.1) is 0 Å². The summed E-state index contributed by atoms with van der Waals surface area (Å²) in [6, 6.07) is 9.27. The topological polar surface area (TPSA) is 29.1 Å². The molecule has 0 saturated heterocycles. The van der Waals surface area contributed by atoms with Crippen LogP contribution in [0.3, 0.4) is 0 Å². The number of alkyl halides is 2. The van der Waals surface area contributed by atoms with Gasteiger partial charge in [-0.05, 0) is 25.0 Å². The first-order valence-corrected chi connectivity index (χ1v) is 7.47. The lowest BCUT2D eigenvalue weighted by Gasteiger charge is -2.27. The van der Waals surface area contributed by atoms with Gasteiger partial charge in [-0.3, -0.25) is 4.79 Å². The van der Waals surface area contributed by atoms with E-state index in [-0.39, 0.29) is 10.2 Å². The van der Waals surface area contributed by atoms with Gasteiger partial charge in [0.15, 0.2) is 0 Å². The van der Waals surface area contributed by atoms with Crippen molar-refractivity contribution in [3.63, 3.8) is 0 Å². The molecule has 0 aliphatic heterocycles. The van der Waals surface area contributed by atoms with Gasteiger partial charge in [0.2, 0.25) is 0 Å². The summed E-state index contributed by atoms with van der Waals surface area (Å²) in [5.41, 5.74) is 0.704. The Kier molecular flexibility index (Phi) is 5.67. The van der Waals surface area contributed by atoms with Crippen molar-refractivity contribution in [2.75, 3.05) is 11.9 Å². The van der Waals surface area contributed by atoms with Gasteiger partial charge in [-0.1, -0.05) is 57.0 Å². The molecule has 0 aliphatic carbocycles. The van der Waals surface area contributed by atoms with E-state index in [1.54, 1.807) is 0 Å². The van der Waals surface area contributed by atoms with Crippen LogP contribution in [0.25, 0.3) is 0 Å². The van der Waals surface area contributed by atoms with Crippen molar-refractivity contribution in [1.29, 1.82) is 0 Å². The number of carbonyl (C=O) groups is 1. The van der Waals surface area contributed by atoms with E-state index in [0.717, 1.165) is 5.33 Å². The lowest BCUT2D eigenvalue weighted by atomic mass is 9.98. The van der Waals surface area contributed by atoms with Crippen LogP contribution in [0, 0.1) is 5.92 Å². The summed E-state index contributed by atoms with van der Waals surface area (Å²) in [6.45, 7) is 4.88. The first-order chi connectivity index (χ1) is 7.97. The van der Waals surface area contributed by atoms with Crippen molar-refractivity contribution < 1.29 is 4.79 Å². The molecule has 1 N–H and O–H groups in total. The quantitative estimate of drug-likeness (QED) is 0.796. The van der Waals surface area contributed by atoms with E-state index in [2.05, 4.69) is 51.0 Å². The number of rotatable bonds is 5. The standard InChI is InChI=1S/C13H17Br2NO/c1-10(13(2,15)9-14)8-16-12(17)11-6-4-3-5-7-11/h3-7,10H,8-9H2,1-2H3,(H,16,17). The monoisotopic (exact) mass is 361 g/mol. The second-order valence-corrected chi connectivity index (χ2v) is 6.76. The summed E-state index contributed by atoms with van der Waals surface area (Å²) in [7, 11) is 0. The van der Waals surface area contributed by atoms with Crippen molar-refractivity contribution in [2.24, 2.45) is 5.92 Å². The Bertz CT molecular complexity index is 365. The highest BCUT2D eigenvalue weighted by Crippen LogP contribution is 2.28. The summed E-state index contributed by atoms with van der Waals surface area (Å²) in [5, 5.41) is 3.80. The van der Waals surface area contributed by atoms with Gasteiger partial charge in [-0.25, -0.2) is 0 Å². The third-order valence-electron chi connectivity index (χ3n) is 2.89. The molecule has 0 heterocycles. The molecule has 1 aromatic rings. The third-order valence-corrected chi connectivity index (χ3v) is 5.87. The van der Waals surface area contributed by atoms with E-state index < -0.39 is 0 Å². The maximum absolute atomic E-state index is 11.8. The molecule has 1 amide bonds. The van der Waals surface area contributed by atoms with Crippen molar-refractivity contribution >= 4 is 37.8 Å². The lowest BCUT2D eigenvalue weighted by molar-refractivity contribution is 0.0946. The van der Waals surface area contributed by atoms with E-state index in [4.69, 9.17) is 0 Å². The molecule has 0 radical (unpaired) electrons. The third kappa shape index (κ3) is 4.43. The average molecular weight is 363 g/mol. The fraction of sp³-hybridized carbons (Fsp3) is 0.462. The minimum atomic E-state index is -0.0182. The fourth-order valence-corrected chi connectivity index (χ4v) is 2.00. The Morgan fingerprint density at radius 3 is 2.53 bits per heavy atom. The molecule has 1 aromatic carbocycles. The van der Waals surface area contributed by atoms with E-state index >= 15 is 0 Å². The normalized spacial score (nSPS) is 16.0. The van der Waals surface area contributed by atoms with Crippen molar-refractivity contribution in [2.45, 2.75) is 18.2 Å². The number of carbonyl (C=O) groups excluding carboxylic acids is 1. The van der Waals surface area contributed by atoms with E-state index in [9.17, 15) is 4.79 Å². The van der Waals surface area contributed by atoms with Gasteiger partial charge in [0, 0.05) is 21.8 Å². The number of hydrogen-bond donors (Lipinski definition) is 1. The van der Waals surface area contributed by atoms with Gasteiger partial charge in [0.1, 0.15) is 0 Å². The Labute approximate surface area is 119 Å². The highest BCUT2D eigenvalue weighted by molar-refractivity contribution is 9.12. The van der Waals surface area contributed by atoms with Crippen LogP contribution in [-0.4, -0.2) is 22.1 Å². The summed E-state index contributed by atoms with van der Waals surface area (Å²) >= 11 is 7.12. The molecule has 0 bridgehead atoms. The molecular formula is C13H17Br2NO. The SMILES string of the molecule is CC(CNC(=O)c1ccccc1)C(C)(Br)CBr. The van der Waals surface area contributed by atoms with E-state index in [0.29, 0.717) is 18.0 Å². The fourth-order valence-electron chi connectivity index (χ4n) is 1.28. The predicted octanol–water partition coefficient (Wildman–Crippen LogP) is 3.60. The largest absolute Gasteiger partial charge is 0.352 e. The summed E-state index contributed by atoms with van der Waals surface area (Å²) < 4.78 is -0.00301. The first kappa shape index (κ1) is 14.7. The maximum Gasteiger partial charge on any atom is 0.251 e. The second-order valence-electron chi connectivity index (χ2n) is 4.39. The van der Waals surface area contributed by atoms with Gasteiger partial charge in [-0.2, -0.15) is 0 Å². The molecule has 0 aromatic heterocycles. The molecule has 0 saturated carbocycles. The molecule has 2 unspecified atom stereocenters. The highest BCUT2D eigenvalue weighted by Gasteiger charge is 2.26. The Morgan fingerprint density at radius 2 is 2.00 bits per heavy atom. The molecule has 2 atom stereocenters.